The van der Waals surface area contributed by atoms with Crippen LogP contribution in [0.5, 0.6) is 0 Å². The van der Waals surface area contributed by atoms with Crippen LogP contribution in [0, 0.1) is 0 Å². The molecule has 0 radical (unpaired) electrons. The number of carbonyl (C=O) groups excluding carboxylic acids is 1. The summed E-state index contributed by atoms with van der Waals surface area (Å²) in [5.74, 6) is 0.0153. The third-order valence-corrected chi connectivity index (χ3v) is 1.74. The largest absolute Gasteiger partial charge is 0.354 e. The lowest BCUT2D eigenvalue weighted by molar-refractivity contribution is -0.119. The maximum Gasteiger partial charge on any atom is 0.217 e. The molecule has 1 atom stereocenters. The third-order valence-electron chi connectivity index (χ3n) is 1.74. The third kappa shape index (κ3) is 3.69. The summed E-state index contributed by atoms with van der Waals surface area (Å²) >= 11 is 0. The molecule has 0 saturated carbocycles. The Balaban J connectivity index is 2.45. The number of pyridine rings is 1. The Morgan fingerprint density at radius 1 is 1.54 bits per heavy atom. The zero-order valence-corrected chi connectivity index (χ0v) is 7.95. The van der Waals surface area contributed by atoms with Gasteiger partial charge in [-0.2, -0.15) is 0 Å². The molecule has 0 aliphatic heterocycles. The predicted octanol–water partition coefficient (Wildman–Crippen LogP) is 1.15. The second-order valence-corrected chi connectivity index (χ2v) is 3.16. The minimum Gasteiger partial charge on any atom is -0.354 e. The lowest BCUT2D eigenvalue weighted by Gasteiger charge is -2.11. The molecule has 1 aromatic rings. The average molecular weight is 178 g/mol. The molecule has 1 rings (SSSR count). The monoisotopic (exact) mass is 178 g/mol. The second kappa shape index (κ2) is 4.60. The van der Waals surface area contributed by atoms with Gasteiger partial charge in [0.15, 0.2) is 0 Å². The Morgan fingerprint density at radius 3 is 2.69 bits per heavy atom. The number of hydrogen-bond acceptors (Lipinski definition) is 2. The number of nitrogens with zero attached hydrogens (tertiary/aromatic N) is 1. The number of aromatic nitrogens is 1. The van der Waals surface area contributed by atoms with Crippen LogP contribution in [0.15, 0.2) is 24.5 Å². The van der Waals surface area contributed by atoms with Crippen molar-refractivity contribution in [1.29, 1.82) is 0 Å². The fraction of sp³-hybridized carbons (Fsp3) is 0.400. The van der Waals surface area contributed by atoms with Gasteiger partial charge in [-0.25, -0.2) is 0 Å². The molecule has 1 aromatic heterocycles. The minimum absolute atomic E-state index is 0.0153. The first-order chi connectivity index (χ1) is 6.18. The van der Waals surface area contributed by atoms with Gasteiger partial charge in [0.1, 0.15) is 0 Å². The topological polar surface area (TPSA) is 42.0 Å². The van der Waals surface area contributed by atoms with Gasteiger partial charge < -0.3 is 5.32 Å². The van der Waals surface area contributed by atoms with E-state index in [0.717, 1.165) is 6.42 Å². The van der Waals surface area contributed by atoms with Crippen LogP contribution in [0.3, 0.4) is 0 Å². The van der Waals surface area contributed by atoms with Gasteiger partial charge in [0, 0.05) is 25.4 Å². The van der Waals surface area contributed by atoms with Crippen LogP contribution >= 0.6 is 0 Å². The van der Waals surface area contributed by atoms with Gasteiger partial charge in [-0.1, -0.05) is 0 Å². The molecular weight excluding hydrogens is 164 g/mol. The number of amides is 1. The normalized spacial score (nSPS) is 12.2. The number of carbonyl (C=O) groups is 1. The summed E-state index contributed by atoms with van der Waals surface area (Å²) in [5.41, 5.74) is 1.19. The van der Waals surface area contributed by atoms with E-state index in [0.29, 0.717) is 0 Å². The summed E-state index contributed by atoms with van der Waals surface area (Å²) in [6.45, 7) is 3.52. The lowest BCUT2D eigenvalue weighted by Crippen LogP contribution is -2.31. The SMILES string of the molecule is CC(=O)N[C@H](C)Cc1ccncc1. The van der Waals surface area contributed by atoms with Crippen LogP contribution in [0.4, 0.5) is 0 Å². The average Bonchev–Trinajstić information content (AvgIpc) is 2.04. The van der Waals surface area contributed by atoms with Crippen molar-refractivity contribution in [1.82, 2.24) is 10.3 Å². The molecule has 70 valence electrons. The van der Waals surface area contributed by atoms with Gasteiger partial charge >= 0.3 is 0 Å². The summed E-state index contributed by atoms with van der Waals surface area (Å²) in [7, 11) is 0. The van der Waals surface area contributed by atoms with Crippen LogP contribution in [-0.4, -0.2) is 16.9 Å². The van der Waals surface area contributed by atoms with E-state index in [1.54, 1.807) is 12.4 Å². The molecule has 0 unspecified atom stereocenters. The summed E-state index contributed by atoms with van der Waals surface area (Å²) in [5, 5.41) is 2.83. The quantitative estimate of drug-likeness (QED) is 0.754. The first-order valence-corrected chi connectivity index (χ1v) is 4.34. The molecule has 0 saturated heterocycles. The van der Waals surface area contributed by atoms with Gasteiger partial charge in [-0.3, -0.25) is 9.78 Å². The van der Waals surface area contributed by atoms with E-state index in [-0.39, 0.29) is 11.9 Å². The predicted molar refractivity (Wildman–Crippen MR) is 51.2 cm³/mol. The van der Waals surface area contributed by atoms with Gasteiger partial charge in [0.05, 0.1) is 0 Å². The summed E-state index contributed by atoms with van der Waals surface area (Å²) < 4.78 is 0. The molecular formula is C10H14N2O. The Bertz CT molecular complexity index is 272. The van der Waals surface area contributed by atoms with Crippen molar-refractivity contribution in [2.45, 2.75) is 26.3 Å². The van der Waals surface area contributed by atoms with Crippen LogP contribution in [0.2, 0.25) is 0 Å². The smallest absolute Gasteiger partial charge is 0.217 e. The van der Waals surface area contributed by atoms with E-state index in [2.05, 4.69) is 10.3 Å². The standard InChI is InChI=1S/C10H14N2O/c1-8(12-9(2)13)7-10-3-5-11-6-4-10/h3-6,8H,7H2,1-2H3,(H,12,13)/t8-/m1/s1. The summed E-state index contributed by atoms with van der Waals surface area (Å²) in [6.07, 6.45) is 4.37. The molecule has 1 N–H and O–H groups in total. The molecule has 1 amide bonds. The first-order valence-electron chi connectivity index (χ1n) is 4.34. The summed E-state index contributed by atoms with van der Waals surface area (Å²) in [4.78, 5) is 14.6. The zero-order chi connectivity index (χ0) is 9.68. The molecule has 0 aliphatic rings. The van der Waals surface area contributed by atoms with Gasteiger partial charge in [0.25, 0.3) is 0 Å². The van der Waals surface area contributed by atoms with E-state index >= 15 is 0 Å². The molecule has 3 heteroatoms. The Morgan fingerprint density at radius 2 is 2.15 bits per heavy atom. The Labute approximate surface area is 78.2 Å². The molecule has 0 aromatic carbocycles. The highest BCUT2D eigenvalue weighted by molar-refractivity contribution is 5.73. The van der Waals surface area contributed by atoms with Crippen LogP contribution < -0.4 is 5.32 Å². The van der Waals surface area contributed by atoms with Gasteiger partial charge in [0.2, 0.25) is 5.91 Å². The molecule has 0 aliphatic carbocycles. The van der Waals surface area contributed by atoms with E-state index < -0.39 is 0 Å². The summed E-state index contributed by atoms with van der Waals surface area (Å²) in [6, 6.07) is 4.09. The van der Waals surface area contributed by atoms with E-state index in [9.17, 15) is 4.79 Å². The highest BCUT2D eigenvalue weighted by Crippen LogP contribution is 2.00. The van der Waals surface area contributed by atoms with Crippen LogP contribution in [0.1, 0.15) is 19.4 Å². The van der Waals surface area contributed by atoms with Crippen molar-refractivity contribution in [2.24, 2.45) is 0 Å². The van der Waals surface area contributed by atoms with E-state index in [4.69, 9.17) is 0 Å². The number of rotatable bonds is 3. The number of nitrogens with one attached hydrogen (secondary N) is 1. The van der Waals surface area contributed by atoms with E-state index in [1.165, 1.54) is 12.5 Å². The minimum atomic E-state index is 0.0153. The number of hydrogen-bond donors (Lipinski definition) is 1. The lowest BCUT2D eigenvalue weighted by atomic mass is 10.1. The van der Waals surface area contributed by atoms with Crippen molar-refractivity contribution >= 4 is 5.91 Å². The zero-order valence-electron chi connectivity index (χ0n) is 7.95. The van der Waals surface area contributed by atoms with Gasteiger partial charge in [-0.15, -0.1) is 0 Å². The van der Waals surface area contributed by atoms with Gasteiger partial charge in [-0.05, 0) is 31.0 Å². The molecule has 1 heterocycles. The van der Waals surface area contributed by atoms with Crippen molar-refractivity contribution in [3.05, 3.63) is 30.1 Å². The van der Waals surface area contributed by atoms with E-state index in [1.807, 2.05) is 19.1 Å². The fourth-order valence-corrected chi connectivity index (χ4v) is 1.27. The maximum atomic E-state index is 10.7. The highest BCUT2D eigenvalue weighted by Gasteiger charge is 2.03. The molecule has 0 fully saturated rings. The second-order valence-electron chi connectivity index (χ2n) is 3.16. The van der Waals surface area contributed by atoms with Crippen molar-refractivity contribution in [2.75, 3.05) is 0 Å². The van der Waals surface area contributed by atoms with Crippen molar-refractivity contribution < 1.29 is 4.79 Å². The maximum absolute atomic E-state index is 10.7. The fourth-order valence-electron chi connectivity index (χ4n) is 1.27. The molecule has 3 nitrogen and oxygen atoms in total. The van der Waals surface area contributed by atoms with Crippen molar-refractivity contribution in [3.8, 4) is 0 Å². The first kappa shape index (κ1) is 9.71. The van der Waals surface area contributed by atoms with Crippen molar-refractivity contribution in [3.63, 3.8) is 0 Å². The molecule has 13 heavy (non-hydrogen) atoms. The Hall–Kier alpha value is -1.38. The molecule has 0 bridgehead atoms. The molecule has 0 spiro atoms. The van der Waals surface area contributed by atoms with Crippen LogP contribution in [0.25, 0.3) is 0 Å². The highest BCUT2D eigenvalue weighted by atomic mass is 16.1. The van der Waals surface area contributed by atoms with Crippen LogP contribution in [-0.2, 0) is 11.2 Å². The Kier molecular flexibility index (Phi) is 3.43.